The van der Waals surface area contributed by atoms with Crippen molar-refractivity contribution in [3.05, 3.63) is 24.0 Å². The maximum atomic E-state index is 3.60. The van der Waals surface area contributed by atoms with E-state index in [-0.39, 0.29) is 5.54 Å². The van der Waals surface area contributed by atoms with E-state index in [0.717, 1.165) is 13.1 Å². The first-order chi connectivity index (χ1) is 8.59. The molecule has 0 radical (unpaired) electrons. The van der Waals surface area contributed by atoms with Gasteiger partial charge in [0.15, 0.2) is 0 Å². The lowest BCUT2D eigenvalue weighted by molar-refractivity contribution is 0.0941. The van der Waals surface area contributed by atoms with Gasteiger partial charge in [-0.25, -0.2) is 0 Å². The standard InChI is InChI=1S/C15H27N3/c1-15(2,18-10-5-4-6-11-18)13-16-12-14-8-7-9-17(14)3/h7-9,16H,4-6,10-13H2,1-3H3. The van der Waals surface area contributed by atoms with Crippen molar-refractivity contribution in [2.24, 2.45) is 7.05 Å². The third-order valence-electron chi connectivity index (χ3n) is 4.13. The van der Waals surface area contributed by atoms with Gasteiger partial charge in [-0.05, 0) is 51.9 Å². The minimum Gasteiger partial charge on any atom is -0.353 e. The molecule has 1 aromatic heterocycles. The number of rotatable bonds is 5. The van der Waals surface area contributed by atoms with E-state index in [0.29, 0.717) is 0 Å². The van der Waals surface area contributed by atoms with E-state index in [1.165, 1.54) is 38.0 Å². The quantitative estimate of drug-likeness (QED) is 0.864. The molecule has 102 valence electrons. The third kappa shape index (κ3) is 3.36. The Morgan fingerprint density at radius 1 is 1.22 bits per heavy atom. The molecule has 3 heteroatoms. The van der Waals surface area contributed by atoms with E-state index in [2.05, 4.69) is 54.0 Å². The lowest BCUT2D eigenvalue weighted by Gasteiger charge is -2.41. The molecular formula is C15H27N3. The summed E-state index contributed by atoms with van der Waals surface area (Å²) in [6.45, 7) is 9.25. The lowest BCUT2D eigenvalue weighted by atomic mass is 9.98. The molecule has 0 unspecified atom stereocenters. The van der Waals surface area contributed by atoms with Crippen LogP contribution >= 0.6 is 0 Å². The molecule has 0 saturated carbocycles. The van der Waals surface area contributed by atoms with Gasteiger partial charge in [-0.2, -0.15) is 0 Å². The Morgan fingerprint density at radius 3 is 2.56 bits per heavy atom. The zero-order valence-electron chi connectivity index (χ0n) is 12.1. The molecule has 0 bridgehead atoms. The molecule has 1 aliphatic rings. The van der Waals surface area contributed by atoms with E-state index in [1.807, 2.05) is 0 Å². The number of aromatic nitrogens is 1. The molecule has 0 atom stereocenters. The maximum Gasteiger partial charge on any atom is 0.0359 e. The Hall–Kier alpha value is -0.800. The fourth-order valence-electron chi connectivity index (χ4n) is 2.79. The van der Waals surface area contributed by atoms with Crippen LogP contribution in [-0.4, -0.2) is 34.6 Å². The normalized spacial score (nSPS) is 18.2. The second-order valence-electron chi connectivity index (χ2n) is 6.07. The zero-order chi connectivity index (χ0) is 13.0. The summed E-state index contributed by atoms with van der Waals surface area (Å²) in [7, 11) is 2.10. The van der Waals surface area contributed by atoms with E-state index in [1.54, 1.807) is 0 Å². The predicted octanol–water partition coefficient (Wildman–Crippen LogP) is 2.38. The molecule has 1 aromatic rings. The van der Waals surface area contributed by atoms with Crippen molar-refractivity contribution in [2.45, 2.75) is 45.2 Å². The second kappa shape index (κ2) is 5.89. The van der Waals surface area contributed by atoms with Crippen LogP contribution in [0, 0.1) is 0 Å². The van der Waals surface area contributed by atoms with Crippen molar-refractivity contribution in [2.75, 3.05) is 19.6 Å². The molecule has 2 rings (SSSR count). The molecule has 0 aliphatic carbocycles. The predicted molar refractivity (Wildman–Crippen MR) is 76.6 cm³/mol. The van der Waals surface area contributed by atoms with Gasteiger partial charge in [-0.1, -0.05) is 6.42 Å². The third-order valence-corrected chi connectivity index (χ3v) is 4.13. The number of likely N-dealkylation sites (tertiary alicyclic amines) is 1. The highest BCUT2D eigenvalue weighted by Crippen LogP contribution is 2.19. The van der Waals surface area contributed by atoms with Gasteiger partial charge in [-0.15, -0.1) is 0 Å². The zero-order valence-corrected chi connectivity index (χ0v) is 12.1. The van der Waals surface area contributed by atoms with Gasteiger partial charge in [0.1, 0.15) is 0 Å². The summed E-state index contributed by atoms with van der Waals surface area (Å²) in [5.74, 6) is 0. The molecule has 1 saturated heterocycles. The monoisotopic (exact) mass is 249 g/mol. The fraction of sp³-hybridized carbons (Fsp3) is 0.733. The summed E-state index contributed by atoms with van der Waals surface area (Å²) in [4.78, 5) is 2.63. The van der Waals surface area contributed by atoms with E-state index in [4.69, 9.17) is 0 Å². The highest BCUT2D eigenvalue weighted by atomic mass is 15.2. The van der Waals surface area contributed by atoms with E-state index in [9.17, 15) is 0 Å². The topological polar surface area (TPSA) is 20.2 Å². The van der Waals surface area contributed by atoms with Gasteiger partial charge < -0.3 is 9.88 Å². The van der Waals surface area contributed by atoms with Crippen molar-refractivity contribution < 1.29 is 0 Å². The molecular weight excluding hydrogens is 222 g/mol. The smallest absolute Gasteiger partial charge is 0.0359 e. The van der Waals surface area contributed by atoms with Crippen molar-refractivity contribution in [1.29, 1.82) is 0 Å². The molecule has 18 heavy (non-hydrogen) atoms. The first-order valence-corrected chi connectivity index (χ1v) is 7.15. The van der Waals surface area contributed by atoms with Crippen LogP contribution in [0.15, 0.2) is 18.3 Å². The summed E-state index contributed by atoms with van der Waals surface area (Å²) in [6.07, 6.45) is 6.23. The number of nitrogens with zero attached hydrogens (tertiary/aromatic N) is 2. The molecule has 1 aliphatic heterocycles. The number of hydrogen-bond acceptors (Lipinski definition) is 2. The molecule has 1 N–H and O–H groups in total. The van der Waals surface area contributed by atoms with Crippen LogP contribution in [0.25, 0.3) is 0 Å². The SMILES string of the molecule is Cn1cccc1CNCC(C)(C)N1CCCCC1. The summed E-state index contributed by atoms with van der Waals surface area (Å²) < 4.78 is 2.18. The van der Waals surface area contributed by atoms with Crippen molar-refractivity contribution >= 4 is 0 Å². The summed E-state index contributed by atoms with van der Waals surface area (Å²) >= 11 is 0. The van der Waals surface area contributed by atoms with Gasteiger partial charge >= 0.3 is 0 Å². The first kappa shape index (κ1) is 13.6. The Labute approximate surface area is 111 Å². The molecule has 0 spiro atoms. The highest BCUT2D eigenvalue weighted by molar-refractivity contribution is 5.06. The minimum atomic E-state index is 0.269. The van der Waals surface area contributed by atoms with E-state index >= 15 is 0 Å². The number of aryl methyl sites for hydroxylation is 1. The second-order valence-corrected chi connectivity index (χ2v) is 6.07. The Morgan fingerprint density at radius 2 is 1.94 bits per heavy atom. The van der Waals surface area contributed by atoms with Crippen molar-refractivity contribution in [3.8, 4) is 0 Å². The molecule has 3 nitrogen and oxygen atoms in total. The Bertz CT molecular complexity index is 362. The van der Waals surface area contributed by atoms with Crippen LogP contribution in [-0.2, 0) is 13.6 Å². The lowest BCUT2D eigenvalue weighted by Crippen LogP contribution is -2.52. The molecule has 1 fully saturated rings. The largest absolute Gasteiger partial charge is 0.353 e. The average Bonchev–Trinajstić information content (AvgIpc) is 2.76. The van der Waals surface area contributed by atoms with Gasteiger partial charge in [0.25, 0.3) is 0 Å². The van der Waals surface area contributed by atoms with Gasteiger partial charge in [0.05, 0.1) is 0 Å². The van der Waals surface area contributed by atoms with Gasteiger partial charge in [-0.3, -0.25) is 4.90 Å². The first-order valence-electron chi connectivity index (χ1n) is 7.15. The molecule has 0 amide bonds. The average molecular weight is 249 g/mol. The van der Waals surface area contributed by atoms with Crippen molar-refractivity contribution in [1.82, 2.24) is 14.8 Å². The summed E-state index contributed by atoms with van der Waals surface area (Å²) in [5.41, 5.74) is 1.62. The minimum absolute atomic E-state index is 0.269. The Balaban J connectivity index is 1.79. The van der Waals surface area contributed by atoms with Crippen LogP contribution in [0.1, 0.15) is 38.8 Å². The highest BCUT2D eigenvalue weighted by Gasteiger charge is 2.27. The fourth-order valence-corrected chi connectivity index (χ4v) is 2.79. The summed E-state index contributed by atoms with van der Waals surface area (Å²) in [5, 5.41) is 3.60. The number of hydrogen-bond donors (Lipinski definition) is 1. The van der Waals surface area contributed by atoms with Crippen LogP contribution in [0.5, 0.6) is 0 Å². The summed E-state index contributed by atoms with van der Waals surface area (Å²) in [6, 6.07) is 4.29. The van der Waals surface area contributed by atoms with Crippen molar-refractivity contribution in [3.63, 3.8) is 0 Å². The molecule has 2 heterocycles. The number of piperidine rings is 1. The maximum absolute atomic E-state index is 3.60. The van der Waals surface area contributed by atoms with Crippen LogP contribution in [0.2, 0.25) is 0 Å². The van der Waals surface area contributed by atoms with Crippen LogP contribution < -0.4 is 5.32 Å². The Kier molecular flexibility index (Phi) is 4.46. The van der Waals surface area contributed by atoms with Gasteiger partial charge in [0, 0.05) is 37.6 Å². The van der Waals surface area contributed by atoms with Crippen LogP contribution in [0.3, 0.4) is 0 Å². The van der Waals surface area contributed by atoms with Gasteiger partial charge in [0.2, 0.25) is 0 Å². The van der Waals surface area contributed by atoms with E-state index < -0.39 is 0 Å². The van der Waals surface area contributed by atoms with Crippen LogP contribution in [0.4, 0.5) is 0 Å². The molecule has 0 aromatic carbocycles. The number of nitrogens with one attached hydrogen (secondary N) is 1.